The highest BCUT2D eigenvalue weighted by atomic mass is 19.2. The van der Waals surface area contributed by atoms with Crippen LogP contribution in [0.25, 0.3) is 5.69 Å². The van der Waals surface area contributed by atoms with Crippen LogP contribution in [0.4, 0.5) is 8.78 Å². The smallest absolute Gasteiger partial charge is 0.275 e. The number of halogens is 2. The lowest BCUT2D eigenvalue weighted by Gasteiger charge is -2.07. The molecule has 0 atom stereocenters. The van der Waals surface area contributed by atoms with Gasteiger partial charge in [0.25, 0.3) is 5.56 Å². The molecule has 0 radical (unpaired) electrons. The molecular formula is C11H8F2N2O3. The van der Waals surface area contributed by atoms with Gasteiger partial charge in [0.2, 0.25) is 0 Å². The van der Waals surface area contributed by atoms with Crippen molar-refractivity contribution in [2.75, 3.05) is 0 Å². The van der Waals surface area contributed by atoms with Crippen molar-refractivity contribution in [1.82, 2.24) is 9.78 Å². The second kappa shape index (κ2) is 4.53. The van der Waals surface area contributed by atoms with E-state index in [9.17, 15) is 18.7 Å². The van der Waals surface area contributed by atoms with E-state index in [0.717, 1.165) is 28.9 Å². The summed E-state index contributed by atoms with van der Waals surface area (Å²) in [6.07, 6.45) is 0. The van der Waals surface area contributed by atoms with E-state index in [2.05, 4.69) is 5.10 Å². The van der Waals surface area contributed by atoms with Gasteiger partial charge >= 0.3 is 0 Å². The summed E-state index contributed by atoms with van der Waals surface area (Å²) in [6.45, 7) is -0.588. The topological polar surface area (TPSA) is 75.3 Å². The van der Waals surface area contributed by atoms with E-state index in [4.69, 9.17) is 5.11 Å². The van der Waals surface area contributed by atoms with Gasteiger partial charge in [-0.25, -0.2) is 8.78 Å². The number of aromatic nitrogens is 2. The molecule has 0 saturated carbocycles. The third kappa shape index (κ3) is 2.07. The molecule has 1 aromatic carbocycles. The van der Waals surface area contributed by atoms with Crippen LogP contribution in [-0.4, -0.2) is 20.0 Å². The Morgan fingerprint density at radius 2 is 1.94 bits per heavy atom. The van der Waals surface area contributed by atoms with Crippen LogP contribution < -0.4 is 5.56 Å². The number of hydrogen-bond acceptors (Lipinski definition) is 4. The number of benzene rings is 1. The van der Waals surface area contributed by atoms with Crippen LogP contribution in [0.5, 0.6) is 5.75 Å². The van der Waals surface area contributed by atoms with E-state index < -0.39 is 29.6 Å². The Labute approximate surface area is 99.6 Å². The summed E-state index contributed by atoms with van der Waals surface area (Å²) in [7, 11) is 0. The molecule has 0 aliphatic heterocycles. The molecule has 1 aromatic heterocycles. The van der Waals surface area contributed by atoms with Gasteiger partial charge in [0.05, 0.1) is 12.3 Å². The van der Waals surface area contributed by atoms with E-state index in [1.54, 1.807) is 0 Å². The summed E-state index contributed by atoms with van der Waals surface area (Å²) in [5.41, 5.74) is -0.872. The molecule has 0 amide bonds. The lowest BCUT2D eigenvalue weighted by Crippen LogP contribution is -2.21. The zero-order valence-electron chi connectivity index (χ0n) is 8.97. The maximum atomic E-state index is 13.0. The number of rotatable bonds is 2. The van der Waals surface area contributed by atoms with Crippen molar-refractivity contribution in [1.29, 1.82) is 0 Å². The molecule has 0 aliphatic carbocycles. The summed E-state index contributed by atoms with van der Waals surface area (Å²) in [4.78, 5) is 11.5. The van der Waals surface area contributed by atoms with Crippen LogP contribution in [0, 0.1) is 11.6 Å². The number of nitrogens with zero attached hydrogens (tertiary/aromatic N) is 2. The van der Waals surface area contributed by atoms with E-state index in [0.29, 0.717) is 0 Å². The van der Waals surface area contributed by atoms with Gasteiger partial charge in [-0.05, 0) is 12.1 Å². The second-order valence-corrected chi connectivity index (χ2v) is 3.48. The van der Waals surface area contributed by atoms with Crippen molar-refractivity contribution >= 4 is 0 Å². The van der Waals surface area contributed by atoms with E-state index >= 15 is 0 Å². The van der Waals surface area contributed by atoms with Crippen molar-refractivity contribution < 1.29 is 19.0 Å². The molecule has 94 valence electrons. The minimum atomic E-state index is -1.13. The fourth-order valence-electron chi connectivity index (χ4n) is 1.40. The summed E-state index contributed by atoms with van der Waals surface area (Å²) < 4.78 is 26.6. The van der Waals surface area contributed by atoms with Crippen LogP contribution in [0.1, 0.15) is 5.69 Å². The molecule has 1 heterocycles. The monoisotopic (exact) mass is 254 g/mol. The number of aliphatic hydroxyl groups excluding tert-OH is 1. The van der Waals surface area contributed by atoms with Crippen molar-refractivity contribution in [3.8, 4) is 11.4 Å². The fraction of sp³-hybridized carbons (Fsp3) is 0.0909. The van der Waals surface area contributed by atoms with Crippen molar-refractivity contribution in [2.45, 2.75) is 6.61 Å². The largest absolute Gasteiger partial charge is 0.506 e. The first-order valence-corrected chi connectivity index (χ1v) is 4.91. The highest BCUT2D eigenvalue weighted by Crippen LogP contribution is 2.14. The summed E-state index contributed by atoms with van der Waals surface area (Å²) in [6, 6.07) is 3.64. The molecule has 2 N–H and O–H groups in total. The average molecular weight is 254 g/mol. The van der Waals surface area contributed by atoms with E-state index in [-0.39, 0.29) is 11.4 Å². The molecule has 7 heteroatoms. The number of aromatic hydroxyl groups is 1. The number of aliphatic hydroxyl groups is 1. The van der Waals surface area contributed by atoms with Gasteiger partial charge in [0.1, 0.15) is 11.4 Å². The summed E-state index contributed by atoms with van der Waals surface area (Å²) in [5.74, 6) is -2.63. The third-order valence-electron chi connectivity index (χ3n) is 2.28. The van der Waals surface area contributed by atoms with Crippen LogP contribution in [-0.2, 0) is 6.61 Å². The first-order chi connectivity index (χ1) is 8.52. The highest BCUT2D eigenvalue weighted by molar-refractivity contribution is 5.33. The number of hydrogen-bond donors (Lipinski definition) is 2. The molecule has 2 aromatic rings. The highest BCUT2D eigenvalue weighted by Gasteiger charge is 2.10. The lowest BCUT2D eigenvalue weighted by atomic mass is 10.3. The van der Waals surface area contributed by atoms with Crippen molar-refractivity contribution in [3.63, 3.8) is 0 Å². The van der Waals surface area contributed by atoms with Crippen molar-refractivity contribution in [2.24, 2.45) is 0 Å². The Bertz CT molecular complexity index is 655. The van der Waals surface area contributed by atoms with Gasteiger partial charge in [0, 0.05) is 12.1 Å². The maximum absolute atomic E-state index is 13.0. The molecule has 2 rings (SSSR count). The van der Waals surface area contributed by atoms with Crippen LogP contribution >= 0.6 is 0 Å². The minimum absolute atomic E-state index is 0.00593. The first-order valence-electron chi connectivity index (χ1n) is 4.91. The van der Waals surface area contributed by atoms with E-state index in [1.807, 2.05) is 0 Å². The Balaban J connectivity index is 2.63. The molecule has 0 bridgehead atoms. The summed E-state index contributed by atoms with van der Waals surface area (Å²) in [5, 5.41) is 21.8. The molecule has 0 unspecified atom stereocenters. The Morgan fingerprint density at radius 1 is 1.22 bits per heavy atom. The van der Waals surface area contributed by atoms with Crippen LogP contribution in [0.15, 0.2) is 29.1 Å². The van der Waals surface area contributed by atoms with Gasteiger partial charge in [-0.3, -0.25) is 4.79 Å². The van der Waals surface area contributed by atoms with Gasteiger partial charge in [-0.2, -0.15) is 9.78 Å². The van der Waals surface area contributed by atoms with Gasteiger partial charge < -0.3 is 10.2 Å². The first kappa shape index (κ1) is 12.2. The Hall–Kier alpha value is -2.28. The zero-order chi connectivity index (χ0) is 13.3. The molecule has 0 saturated heterocycles. The van der Waals surface area contributed by atoms with Crippen LogP contribution in [0.3, 0.4) is 0 Å². The molecular weight excluding hydrogens is 246 g/mol. The standard InChI is InChI=1S/C11H8F2N2O3/c12-7-2-1-6(3-8(7)13)15-11(18)4-10(17)9(5-16)14-15/h1-4,16-17H,5H2. The fourth-order valence-corrected chi connectivity index (χ4v) is 1.40. The predicted molar refractivity (Wildman–Crippen MR) is 57.3 cm³/mol. The predicted octanol–water partition coefficient (Wildman–Crippen LogP) is 0.709. The molecule has 0 fully saturated rings. The van der Waals surface area contributed by atoms with Gasteiger partial charge in [-0.15, -0.1) is 0 Å². The average Bonchev–Trinajstić information content (AvgIpc) is 2.33. The second-order valence-electron chi connectivity index (χ2n) is 3.48. The molecule has 18 heavy (non-hydrogen) atoms. The lowest BCUT2D eigenvalue weighted by molar-refractivity contribution is 0.266. The Morgan fingerprint density at radius 3 is 2.56 bits per heavy atom. The maximum Gasteiger partial charge on any atom is 0.275 e. The minimum Gasteiger partial charge on any atom is -0.506 e. The Kier molecular flexibility index (Phi) is 3.07. The normalized spacial score (nSPS) is 10.6. The van der Waals surface area contributed by atoms with Crippen molar-refractivity contribution in [3.05, 3.63) is 51.9 Å². The quantitative estimate of drug-likeness (QED) is 0.827. The third-order valence-corrected chi connectivity index (χ3v) is 2.28. The molecule has 5 nitrogen and oxygen atoms in total. The van der Waals surface area contributed by atoms with Gasteiger partial charge in [0.15, 0.2) is 11.6 Å². The van der Waals surface area contributed by atoms with E-state index in [1.165, 1.54) is 0 Å². The molecule has 0 spiro atoms. The van der Waals surface area contributed by atoms with Gasteiger partial charge in [-0.1, -0.05) is 0 Å². The zero-order valence-corrected chi connectivity index (χ0v) is 8.97. The SMILES string of the molecule is O=c1cc(O)c(CO)nn1-c1ccc(F)c(F)c1. The summed E-state index contributed by atoms with van der Waals surface area (Å²) >= 11 is 0. The van der Waals surface area contributed by atoms with Crippen LogP contribution in [0.2, 0.25) is 0 Å². The molecule has 0 aliphatic rings.